The molecule has 7 heteroatoms. The molecule has 2 aromatic carbocycles. The summed E-state index contributed by atoms with van der Waals surface area (Å²) in [5, 5.41) is 0.263. The molecule has 1 amide bonds. The maximum atomic E-state index is 11.8. The van der Waals surface area contributed by atoms with E-state index in [4.69, 9.17) is 10.5 Å². The molecule has 0 fully saturated rings. The van der Waals surface area contributed by atoms with Crippen LogP contribution >= 0.6 is 43.6 Å². The van der Waals surface area contributed by atoms with Gasteiger partial charge in [0.15, 0.2) is 5.17 Å². The van der Waals surface area contributed by atoms with Crippen LogP contribution in [-0.2, 0) is 11.4 Å². The van der Waals surface area contributed by atoms with E-state index in [1.807, 2.05) is 42.5 Å². The molecule has 2 N–H and O–H groups in total. The number of amides is 1. The Kier molecular flexibility index (Phi) is 5.43. The summed E-state index contributed by atoms with van der Waals surface area (Å²) in [7, 11) is 0. The number of carbonyl (C=O) groups excluding carboxylic acids is 1. The van der Waals surface area contributed by atoms with Crippen LogP contribution in [0.5, 0.6) is 5.75 Å². The highest BCUT2D eigenvalue weighted by atomic mass is 79.9. The second-order valence-corrected chi connectivity index (χ2v) is 7.86. The number of nitrogens with two attached hydrogens (primary N) is 1. The van der Waals surface area contributed by atoms with Crippen molar-refractivity contribution in [3.8, 4) is 5.75 Å². The molecule has 2 aromatic rings. The number of hydrogen-bond acceptors (Lipinski definition) is 4. The molecule has 0 saturated heterocycles. The van der Waals surface area contributed by atoms with E-state index < -0.39 is 0 Å². The average molecular weight is 468 g/mol. The molecular formula is C17H12Br2N2O2S. The van der Waals surface area contributed by atoms with Gasteiger partial charge in [-0.1, -0.05) is 44.0 Å². The quantitative estimate of drug-likeness (QED) is 0.660. The molecule has 0 atom stereocenters. The number of amidine groups is 1. The lowest BCUT2D eigenvalue weighted by molar-refractivity contribution is -0.113. The van der Waals surface area contributed by atoms with Crippen molar-refractivity contribution in [3.63, 3.8) is 0 Å². The summed E-state index contributed by atoms with van der Waals surface area (Å²) in [4.78, 5) is 16.0. The predicted molar refractivity (Wildman–Crippen MR) is 105 cm³/mol. The van der Waals surface area contributed by atoms with E-state index >= 15 is 0 Å². The van der Waals surface area contributed by atoms with Crippen molar-refractivity contribution in [3.05, 3.63) is 67.4 Å². The Labute approximate surface area is 160 Å². The number of rotatable bonds is 4. The maximum absolute atomic E-state index is 11.8. The van der Waals surface area contributed by atoms with Gasteiger partial charge in [0.05, 0.1) is 4.91 Å². The van der Waals surface area contributed by atoms with Crippen LogP contribution in [0.3, 0.4) is 0 Å². The SMILES string of the molecule is NC1=NC(=O)C(=Cc2cc(Br)ccc2OCc2ccc(Br)cc2)S1. The largest absolute Gasteiger partial charge is 0.488 e. The molecule has 0 spiro atoms. The second-order valence-electron chi connectivity index (χ2n) is 4.96. The minimum absolute atomic E-state index is 0.263. The first-order valence-electron chi connectivity index (χ1n) is 6.96. The number of halogens is 2. The predicted octanol–water partition coefficient (Wildman–Crippen LogP) is 4.72. The number of aliphatic imine (C=N–C) groups is 1. The summed E-state index contributed by atoms with van der Waals surface area (Å²) in [5.41, 5.74) is 7.44. The first kappa shape index (κ1) is 17.3. The third-order valence-corrected chi connectivity index (χ3v) is 5.04. The van der Waals surface area contributed by atoms with Gasteiger partial charge >= 0.3 is 0 Å². The van der Waals surface area contributed by atoms with Crippen LogP contribution in [-0.4, -0.2) is 11.1 Å². The summed E-state index contributed by atoms with van der Waals surface area (Å²) in [6, 6.07) is 13.6. The highest BCUT2D eigenvalue weighted by Gasteiger charge is 2.20. The molecule has 1 aliphatic heterocycles. The van der Waals surface area contributed by atoms with Gasteiger partial charge in [-0.25, -0.2) is 0 Å². The van der Waals surface area contributed by atoms with E-state index in [0.717, 1.165) is 31.8 Å². The molecule has 0 bridgehead atoms. The first-order chi connectivity index (χ1) is 11.5. The Morgan fingerprint density at radius 2 is 1.83 bits per heavy atom. The summed E-state index contributed by atoms with van der Waals surface area (Å²) in [6.45, 7) is 0.435. The molecule has 1 aliphatic rings. The molecular weight excluding hydrogens is 456 g/mol. The smallest absolute Gasteiger partial charge is 0.286 e. The molecule has 24 heavy (non-hydrogen) atoms. The van der Waals surface area contributed by atoms with Crippen LogP contribution < -0.4 is 10.5 Å². The Morgan fingerprint density at radius 1 is 1.12 bits per heavy atom. The molecule has 1 heterocycles. The number of carbonyl (C=O) groups is 1. The van der Waals surface area contributed by atoms with E-state index in [9.17, 15) is 4.79 Å². The van der Waals surface area contributed by atoms with Gasteiger partial charge in [-0.05, 0) is 53.7 Å². The lowest BCUT2D eigenvalue weighted by Gasteiger charge is -2.10. The molecule has 0 radical (unpaired) electrons. The van der Waals surface area contributed by atoms with Crippen molar-refractivity contribution >= 4 is 60.8 Å². The monoisotopic (exact) mass is 466 g/mol. The number of thioether (sulfide) groups is 1. The highest BCUT2D eigenvalue weighted by Crippen LogP contribution is 2.31. The zero-order chi connectivity index (χ0) is 17.1. The Hall–Kier alpha value is -1.57. The van der Waals surface area contributed by atoms with E-state index in [2.05, 4.69) is 36.9 Å². The van der Waals surface area contributed by atoms with E-state index in [1.165, 1.54) is 0 Å². The van der Waals surface area contributed by atoms with Gasteiger partial charge in [0, 0.05) is 14.5 Å². The molecule has 122 valence electrons. The van der Waals surface area contributed by atoms with Crippen LogP contribution in [0, 0.1) is 0 Å². The van der Waals surface area contributed by atoms with Gasteiger partial charge in [0.1, 0.15) is 12.4 Å². The Bertz CT molecular complexity index is 848. The average Bonchev–Trinajstić information content (AvgIpc) is 2.86. The lowest BCUT2D eigenvalue weighted by atomic mass is 10.2. The third kappa shape index (κ3) is 4.28. The molecule has 0 aromatic heterocycles. The summed E-state index contributed by atoms with van der Waals surface area (Å²) in [5.74, 6) is 0.365. The van der Waals surface area contributed by atoms with Crippen molar-refractivity contribution < 1.29 is 9.53 Å². The van der Waals surface area contributed by atoms with Gasteiger partial charge in [0.25, 0.3) is 5.91 Å². The van der Waals surface area contributed by atoms with E-state index in [0.29, 0.717) is 17.3 Å². The zero-order valence-electron chi connectivity index (χ0n) is 12.3. The standard InChI is InChI=1S/C17H12Br2N2O2S/c18-12-3-1-10(2-4-12)9-23-14-6-5-13(19)7-11(14)8-15-16(22)21-17(20)24-15/h1-8H,9H2,(H2,20,21,22). The Morgan fingerprint density at radius 3 is 2.50 bits per heavy atom. The Balaban J connectivity index is 1.82. The van der Waals surface area contributed by atoms with E-state index in [1.54, 1.807) is 6.08 Å². The minimum atomic E-state index is -0.323. The van der Waals surface area contributed by atoms with Gasteiger partial charge in [0.2, 0.25) is 0 Å². The fourth-order valence-electron chi connectivity index (χ4n) is 2.07. The zero-order valence-corrected chi connectivity index (χ0v) is 16.3. The van der Waals surface area contributed by atoms with Crippen LogP contribution in [0.2, 0.25) is 0 Å². The summed E-state index contributed by atoms with van der Waals surface area (Å²) >= 11 is 8.02. The maximum Gasteiger partial charge on any atom is 0.286 e. The van der Waals surface area contributed by atoms with E-state index in [-0.39, 0.29) is 11.1 Å². The molecule has 4 nitrogen and oxygen atoms in total. The summed E-state index contributed by atoms with van der Waals surface area (Å²) < 4.78 is 7.84. The van der Waals surface area contributed by atoms with Crippen LogP contribution in [0.1, 0.15) is 11.1 Å². The second kappa shape index (κ2) is 7.55. The molecule has 0 aliphatic carbocycles. The number of benzene rings is 2. The topological polar surface area (TPSA) is 64.7 Å². The molecule has 3 rings (SSSR count). The normalized spacial score (nSPS) is 15.7. The van der Waals surface area contributed by atoms with Crippen LogP contribution in [0.4, 0.5) is 0 Å². The number of ether oxygens (including phenoxy) is 1. The summed E-state index contributed by atoms with van der Waals surface area (Å²) in [6.07, 6.45) is 1.75. The lowest BCUT2D eigenvalue weighted by Crippen LogP contribution is -2.01. The van der Waals surface area contributed by atoms with Crippen molar-refractivity contribution in [2.75, 3.05) is 0 Å². The van der Waals surface area contributed by atoms with Crippen LogP contribution in [0.15, 0.2) is 61.3 Å². The van der Waals surface area contributed by atoms with Crippen molar-refractivity contribution in [2.45, 2.75) is 6.61 Å². The number of hydrogen-bond donors (Lipinski definition) is 1. The van der Waals surface area contributed by atoms with Gasteiger partial charge < -0.3 is 10.5 Å². The van der Waals surface area contributed by atoms with Crippen molar-refractivity contribution in [1.82, 2.24) is 0 Å². The molecule has 0 saturated carbocycles. The first-order valence-corrected chi connectivity index (χ1v) is 9.36. The molecule has 0 unspecified atom stereocenters. The minimum Gasteiger partial charge on any atom is -0.488 e. The van der Waals surface area contributed by atoms with Crippen molar-refractivity contribution in [2.24, 2.45) is 10.7 Å². The van der Waals surface area contributed by atoms with Gasteiger partial charge in [-0.3, -0.25) is 4.79 Å². The highest BCUT2D eigenvalue weighted by molar-refractivity contribution is 9.10. The van der Waals surface area contributed by atoms with Gasteiger partial charge in [-0.2, -0.15) is 4.99 Å². The number of nitrogens with zero attached hydrogens (tertiary/aromatic N) is 1. The van der Waals surface area contributed by atoms with Crippen molar-refractivity contribution in [1.29, 1.82) is 0 Å². The third-order valence-electron chi connectivity index (χ3n) is 3.20. The van der Waals surface area contributed by atoms with Crippen LogP contribution in [0.25, 0.3) is 6.08 Å². The fourth-order valence-corrected chi connectivity index (χ4v) is 3.39. The fraction of sp³-hybridized carbons (Fsp3) is 0.0588. The van der Waals surface area contributed by atoms with Gasteiger partial charge in [-0.15, -0.1) is 0 Å².